The number of Topliss-reactive ketones (excluding diaryl/α,β-unsaturated/α-hetero) is 3. The van der Waals surface area contributed by atoms with E-state index in [9.17, 15) is 22.8 Å². The van der Waals surface area contributed by atoms with Gasteiger partial charge >= 0.3 is 0 Å². The average molecular weight is 329 g/mol. The Hall–Kier alpha value is -1.53. The van der Waals surface area contributed by atoms with Gasteiger partial charge in [0.1, 0.15) is 5.92 Å². The standard InChI is InChI=1S/C14H13ClO5S/c1-21(19,20)11-7-2-4-8(13(11)15)14(18)12-9(16)5-3-6-10(12)17/h2,4,7,12H,3,5-6H2,1H3. The molecule has 0 heterocycles. The fourth-order valence-corrected chi connectivity index (χ4v) is 3.74. The molecule has 5 nitrogen and oxygen atoms in total. The topological polar surface area (TPSA) is 85.3 Å². The Kier molecular flexibility index (Phi) is 4.30. The van der Waals surface area contributed by atoms with Gasteiger partial charge in [0.15, 0.2) is 27.2 Å². The van der Waals surface area contributed by atoms with Crippen molar-refractivity contribution in [2.24, 2.45) is 5.92 Å². The van der Waals surface area contributed by atoms with E-state index in [0.29, 0.717) is 6.42 Å². The zero-order valence-corrected chi connectivity index (χ0v) is 12.8. The highest BCUT2D eigenvalue weighted by molar-refractivity contribution is 7.90. The quantitative estimate of drug-likeness (QED) is 0.624. The minimum absolute atomic E-state index is 0.104. The van der Waals surface area contributed by atoms with Crippen LogP contribution in [0.3, 0.4) is 0 Å². The van der Waals surface area contributed by atoms with Gasteiger partial charge in [-0.2, -0.15) is 0 Å². The molecule has 1 aromatic carbocycles. The molecule has 0 atom stereocenters. The third-order valence-electron chi connectivity index (χ3n) is 3.38. The van der Waals surface area contributed by atoms with Crippen molar-refractivity contribution < 1.29 is 22.8 Å². The predicted octanol–water partition coefficient (Wildman–Crippen LogP) is 1.86. The molecule has 0 N–H and O–H groups in total. The molecule has 2 rings (SSSR count). The van der Waals surface area contributed by atoms with Crippen LogP contribution in [-0.4, -0.2) is 32.0 Å². The van der Waals surface area contributed by atoms with E-state index >= 15 is 0 Å². The zero-order chi connectivity index (χ0) is 15.8. The SMILES string of the molecule is CS(=O)(=O)c1cccc(C(=O)C2C(=O)CCCC2=O)c1Cl. The summed E-state index contributed by atoms with van der Waals surface area (Å²) in [4.78, 5) is 35.8. The molecule has 21 heavy (non-hydrogen) atoms. The number of carbonyl (C=O) groups is 3. The lowest BCUT2D eigenvalue weighted by molar-refractivity contribution is -0.133. The number of carbonyl (C=O) groups excluding carboxylic acids is 3. The molecule has 0 radical (unpaired) electrons. The highest BCUT2D eigenvalue weighted by Crippen LogP contribution is 2.29. The summed E-state index contributed by atoms with van der Waals surface area (Å²) in [5.41, 5.74) is -0.104. The second kappa shape index (κ2) is 5.69. The third kappa shape index (κ3) is 3.06. The Morgan fingerprint density at radius 1 is 1.19 bits per heavy atom. The summed E-state index contributed by atoms with van der Waals surface area (Å²) in [5.74, 6) is -2.94. The minimum Gasteiger partial charge on any atom is -0.298 e. The molecule has 1 saturated carbocycles. The van der Waals surface area contributed by atoms with E-state index in [0.717, 1.165) is 6.26 Å². The molecule has 0 aromatic heterocycles. The number of rotatable bonds is 3. The third-order valence-corrected chi connectivity index (χ3v) is 5.04. The second-order valence-corrected chi connectivity index (χ2v) is 7.34. The van der Waals surface area contributed by atoms with Crippen LogP contribution in [0.15, 0.2) is 23.1 Å². The van der Waals surface area contributed by atoms with Crippen LogP contribution in [0, 0.1) is 5.92 Å². The molecule has 0 aliphatic heterocycles. The second-order valence-electron chi connectivity index (χ2n) is 4.97. The molecule has 7 heteroatoms. The lowest BCUT2D eigenvalue weighted by Crippen LogP contribution is -2.35. The first-order valence-electron chi connectivity index (χ1n) is 6.31. The fourth-order valence-electron chi connectivity index (χ4n) is 2.34. The van der Waals surface area contributed by atoms with Crippen LogP contribution in [-0.2, 0) is 19.4 Å². The number of ketones is 3. The van der Waals surface area contributed by atoms with Crippen molar-refractivity contribution in [3.8, 4) is 0 Å². The van der Waals surface area contributed by atoms with Crippen LogP contribution in [0.1, 0.15) is 29.6 Å². The molecule has 1 aliphatic rings. The van der Waals surface area contributed by atoms with Gasteiger partial charge in [-0.25, -0.2) is 8.42 Å². The highest BCUT2D eigenvalue weighted by Gasteiger charge is 2.37. The lowest BCUT2D eigenvalue weighted by Gasteiger charge is -2.19. The first kappa shape index (κ1) is 15.9. The summed E-state index contributed by atoms with van der Waals surface area (Å²) in [6, 6.07) is 3.97. The monoisotopic (exact) mass is 328 g/mol. The van der Waals surface area contributed by atoms with Gasteiger partial charge in [-0.15, -0.1) is 0 Å². The van der Waals surface area contributed by atoms with Gasteiger partial charge < -0.3 is 0 Å². The van der Waals surface area contributed by atoms with Crippen molar-refractivity contribution in [1.29, 1.82) is 0 Å². The summed E-state index contributed by atoms with van der Waals surface area (Å²) in [7, 11) is -3.60. The number of hydrogen-bond acceptors (Lipinski definition) is 5. The molecular weight excluding hydrogens is 316 g/mol. The largest absolute Gasteiger partial charge is 0.298 e. The maximum atomic E-state index is 12.4. The maximum absolute atomic E-state index is 12.4. The van der Waals surface area contributed by atoms with Crippen LogP contribution >= 0.6 is 11.6 Å². The van der Waals surface area contributed by atoms with Crippen molar-refractivity contribution in [1.82, 2.24) is 0 Å². The normalized spacial score (nSPS) is 17.0. The van der Waals surface area contributed by atoms with Crippen molar-refractivity contribution in [2.75, 3.05) is 6.26 Å². The number of sulfone groups is 1. The van der Waals surface area contributed by atoms with Gasteiger partial charge in [0.25, 0.3) is 0 Å². The molecule has 112 valence electrons. The predicted molar refractivity (Wildman–Crippen MR) is 76.2 cm³/mol. The number of halogens is 1. The zero-order valence-electron chi connectivity index (χ0n) is 11.3. The van der Waals surface area contributed by atoms with Gasteiger partial charge in [-0.3, -0.25) is 14.4 Å². The van der Waals surface area contributed by atoms with Gasteiger partial charge in [0.2, 0.25) is 0 Å². The van der Waals surface area contributed by atoms with E-state index in [1.165, 1.54) is 18.2 Å². The summed E-state index contributed by atoms with van der Waals surface area (Å²) in [5, 5.41) is -0.240. The molecular formula is C14H13ClO5S. The Morgan fingerprint density at radius 2 is 1.76 bits per heavy atom. The Morgan fingerprint density at radius 3 is 2.29 bits per heavy atom. The smallest absolute Gasteiger partial charge is 0.182 e. The van der Waals surface area contributed by atoms with E-state index in [2.05, 4.69) is 0 Å². The van der Waals surface area contributed by atoms with Crippen molar-refractivity contribution in [3.63, 3.8) is 0 Å². The molecule has 0 bridgehead atoms. The average Bonchev–Trinajstić information content (AvgIpc) is 2.37. The Labute approximate surface area is 127 Å². The summed E-state index contributed by atoms with van der Waals surface area (Å²) in [6.07, 6.45) is 1.76. The van der Waals surface area contributed by atoms with Gasteiger partial charge in [-0.05, 0) is 18.6 Å². The van der Waals surface area contributed by atoms with E-state index in [1.54, 1.807) is 0 Å². The van der Waals surface area contributed by atoms with Crippen LogP contribution in [0.2, 0.25) is 5.02 Å². The van der Waals surface area contributed by atoms with E-state index in [4.69, 9.17) is 11.6 Å². The molecule has 0 unspecified atom stereocenters. The van der Waals surface area contributed by atoms with Gasteiger partial charge in [0, 0.05) is 24.7 Å². The summed E-state index contributed by atoms with van der Waals surface area (Å²) >= 11 is 5.98. The van der Waals surface area contributed by atoms with E-state index in [1.807, 2.05) is 0 Å². The summed E-state index contributed by atoms with van der Waals surface area (Å²) in [6.45, 7) is 0. The number of benzene rings is 1. The molecule has 1 aromatic rings. The van der Waals surface area contributed by atoms with Gasteiger partial charge in [0.05, 0.1) is 9.92 Å². The van der Waals surface area contributed by atoms with Crippen LogP contribution in [0.4, 0.5) is 0 Å². The van der Waals surface area contributed by atoms with Crippen molar-refractivity contribution in [2.45, 2.75) is 24.2 Å². The lowest BCUT2D eigenvalue weighted by atomic mass is 9.82. The molecule has 0 spiro atoms. The maximum Gasteiger partial charge on any atom is 0.182 e. The highest BCUT2D eigenvalue weighted by atomic mass is 35.5. The molecule has 0 amide bonds. The summed E-state index contributed by atoms with van der Waals surface area (Å²) < 4.78 is 23.2. The fraction of sp³-hybridized carbons (Fsp3) is 0.357. The first-order chi connectivity index (χ1) is 9.73. The van der Waals surface area contributed by atoms with Crippen LogP contribution in [0.5, 0.6) is 0 Å². The minimum atomic E-state index is -3.60. The van der Waals surface area contributed by atoms with Crippen molar-refractivity contribution in [3.05, 3.63) is 28.8 Å². The van der Waals surface area contributed by atoms with Crippen LogP contribution < -0.4 is 0 Å². The van der Waals surface area contributed by atoms with Crippen LogP contribution in [0.25, 0.3) is 0 Å². The van der Waals surface area contributed by atoms with E-state index in [-0.39, 0.29) is 28.3 Å². The number of hydrogen-bond donors (Lipinski definition) is 0. The Bertz CT molecular complexity index is 720. The van der Waals surface area contributed by atoms with Gasteiger partial charge in [-0.1, -0.05) is 17.7 Å². The molecule has 1 aliphatic carbocycles. The molecule has 1 fully saturated rings. The molecule has 0 saturated heterocycles. The first-order valence-corrected chi connectivity index (χ1v) is 8.58. The van der Waals surface area contributed by atoms with Crippen molar-refractivity contribution >= 4 is 38.8 Å². The Balaban J connectivity index is 2.50. The van der Waals surface area contributed by atoms with E-state index < -0.39 is 33.1 Å².